The third-order valence-corrected chi connectivity index (χ3v) is 5.47. The number of hydrogen-bond acceptors (Lipinski definition) is 2. The standard InChI is InChI=1S/C26H20N5/c1-17-4-2-3-11-31(17)26-16-24-14-22-8-7-20(28-22)12-18-5-6-19(27-18)13-21-9-10-23(29-21)15-25(26)30-24/h2-16,27,30H,1H3/q+1. The molecule has 31 heavy (non-hydrogen) atoms. The van der Waals surface area contributed by atoms with Crippen LogP contribution in [0.1, 0.15) is 28.5 Å². The highest BCUT2D eigenvalue weighted by Crippen LogP contribution is 2.20. The van der Waals surface area contributed by atoms with Crippen LogP contribution in [0.15, 0.2) is 66.9 Å². The summed E-state index contributed by atoms with van der Waals surface area (Å²) in [4.78, 5) is 16.5. The van der Waals surface area contributed by atoms with Gasteiger partial charge in [-0.15, -0.1) is 0 Å². The van der Waals surface area contributed by atoms with Gasteiger partial charge in [0.1, 0.15) is 5.52 Å². The molecule has 0 unspecified atom stereocenters. The summed E-state index contributed by atoms with van der Waals surface area (Å²) < 4.78 is 2.18. The van der Waals surface area contributed by atoms with Crippen molar-refractivity contribution in [2.75, 3.05) is 0 Å². The molecule has 0 spiro atoms. The number of rotatable bonds is 1. The summed E-state index contributed by atoms with van der Waals surface area (Å²) in [5, 5.41) is 0. The predicted molar refractivity (Wildman–Crippen MR) is 125 cm³/mol. The van der Waals surface area contributed by atoms with E-state index in [0.717, 1.165) is 56.2 Å². The molecule has 6 rings (SSSR count). The summed E-state index contributed by atoms with van der Waals surface area (Å²) in [7, 11) is 0. The maximum Gasteiger partial charge on any atom is 0.236 e. The largest absolute Gasteiger partial charge is 0.355 e. The fourth-order valence-corrected chi connectivity index (χ4v) is 4.00. The van der Waals surface area contributed by atoms with Crippen LogP contribution in [-0.4, -0.2) is 19.9 Å². The Labute approximate surface area is 179 Å². The highest BCUT2D eigenvalue weighted by atomic mass is 15.0. The Morgan fingerprint density at radius 1 is 0.645 bits per heavy atom. The minimum Gasteiger partial charge on any atom is -0.355 e. The van der Waals surface area contributed by atoms with E-state index in [2.05, 4.69) is 76.2 Å². The number of nitrogens with one attached hydrogen (secondary N) is 2. The first kappa shape index (κ1) is 17.6. The highest BCUT2D eigenvalue weighted by molar-refractivity contribution is 5.79. The summed E-state index contributed by atoms with van der Waals surface area (Å²) in [6.07, 6.45) is 10.2. The van der Waals surface area contributed by atoms with E-state index in [4.69, 9.17) is 9.97 Å². The fourth-order valence-electron chi connectivity index (χ4n) is 4.00. The van der Waals surface area contributed by atoms with Gasteiger partial charge in [-0.05, 0) is 60.7 Å². The van der Waals surface area contributed by atoms with Crippen molar-refractivity contribution in [1.82, 2.24) is 19.9 Å². The van der Waals surface area contributed by atoms with Gasteiger partial charge in [0.05, 0.1) is 22.8 Å². The molecule has 0 fully saturated rings. The van der Waals surface area contributed by atoms with Crippen LogP contribution in [0.2, 0.25) is 0 Å². The van der Waals surface area contributed by atoms with Crippen LogP contribution in [0.25, 0.3) is 52.1 Å². The Bertz CT molecular complexity index is 1550. The van der Waals surface area contributed by atoms with E-state index in [1.165, 1.54) is 0 Å². The predicted octanol–water partition coefficient (Wildman–Crippen LogP) is 5.24. The lowest BCUT2D eigenvalue weighted by Gasteiger charge is -1.96. The SMILES string of the molecule is Cc1cccc[n+]1-c1cc2cc3nc(cc4ccc(cc5nc(cc1[nH]2)C=C5)[nH]4)C=C3. The van der Waals surface area contributed by atoms with Gasteiger partial charge in [0, 0.05) is 41.7 Å². The number of nitrogens with zero attached hydrogens (tertiary/aromatic N) is 3. The van der Waals surface area contributed by atoms with Crippen molar-refractivity contribution in [3.05, 3.63) is 95.3 Å². The smallest absolute Gasteiger partial charge is 0.236 e. The van der Waals surface area contributed by atoms with Crippen LogP contribution in [0.4, 0.5) is 0 Å². The molecule has 2 N–H and O–H groups in total. The van der Waals surface area contributed by atoms with E-state index in [1.54, 1.807) is 0 Å². The van der Waals surface area contributed by atoms with Crippen LogP contribution in [0.3, 0.4) is 0 Å². The van der Waals surface area contributed by atoms with Crippen molar-refractivity contribution in [3.8, 4) is 5.69 Å². The van der Waals surface area contributed by atoms with E-state index in [-0.39, 0.29) is 0 Å². The lowest BCUT2D eigenvalue weighted by molar-refractivity contribution is -0.601. The van der Waals surface area contributed by atoms with Crippen LogP contribution < -0.4 is 4.57 Å². The average molecular weight is 402 g/mol. The van der Waals surface area contributed by atoms with Crippen LogP contribution in [0, 0.1) is 6.92 Å². The number of pyridine rings is 1. The number of aromatic amines is 2. The van der Waals surface area contributed by atoms with Gasteiger partial charge < -0.3 is 9.97 Å². The highest BCUT2D eigenvalue weighted by Gasteiger charge is 2.15. The number of aromatic nitrogens is 5. The van der Waals surface area contributed by atoms with E-state index in [0.29, 0.717) is 0 Å². The Hall–Kier alpha value is -4.25. The van der Waals surface area contributed by atoms with Crippen molar-refractivity contribution >= 4 is 46.4 Å². The normalized spacial score (nSPS) is 12.4. The maximum absolute atomic E-state index is 4.78. The van der Waals surface area contributed by atoms with Gasteiger partial charge in [0.25, 0.3) is 0 Å². The lowest BCUT2D eigenvalue weighted by atomic mass is 10.3. The molecule has 0 saturated heterocycles. The molecule has 4 aromatic heterocycles. The first-order valence-corrected chi connectivity index (χ1v) is 10.3. The van der Waals surface area contributed by atoms with Crippen LogP contribution >= 0.6 is 0 Å². The molecule has 5 nitrogen and oxygen atoms in total. The maximum atomic E-state index is 4.78. The second-order valence-corrected chi connectivity index (χ2v) is 7.77. The van der Waals surface area contributed by atoms with Gasteiger partial charge in [-0.3, -0.25) is 0 Å². The van der Waals surface area contributed by atoms with Crippen molar-refractivity contribution < 1.29 is 4.57 Å². The quantitative estimate of drug-likeness (QED) is 0.370. The second-order valence-electron chi connectivity index (χ2n) is 7.77. The third kappa shape index (κ3) is 3.36. The lowest BCUT2D eigenvalue weighted by Crippen LogP contribution is -2.32. The zero-order chi connectivity index (χ0) is 20.8. The Kier molecular flexibility index (Phi) is 3.93. The van der Waals surface area contributed by atoms with Crippen LogP contribution in [-0.2, 0) is 0 Å². The molecule has 8 bridgehead atoms. The molecule has 0 radical (unpaired) electrons. The molecule has 0 aromatic carbocycles. The minimum absolute atomic E-state index is 0.911. The summed E-state index contributed by atoms with van der Waals surface area (Å²) in [6, 6.07) is 20.7. The Morgan fingerprint density at radius 3 is 1.90 bits per heavy atom. The number of aryl methyl sites for hydroxylation is 1. The van der Waals surface area contributed by atoms with Gasteiger partial charge in [-0.25, -0.2) is 9.97 Å². The monoisotopic (exact) mass is 402 g/mol. The molecule has 5 heteroatoms. The Morgan fingerprint density at radius 2 is 1.26 bits per heavy atom. The van der Waals surface area contributed by atoms with E-state index < -0.39 is 0 Å². The third-order valence-electron chi connectivity index (χ3n) is 5.47. The van der Waals surface area contributed by atoms with Gasteiger partial charge in [-0.2, -0.15) is 4.57 Å². The zero-order valence-electron chi connectivity index (χ0n) is 17.0. The first-order chi connectivity index (χ1) is 15.2. The average Bonchev–Trinajstić information content (AvgIpc) is 3.53. The molecule has 6 heterocycles. The van der Waals surface area contributed by atoms with Crippen molar-refractivity contribution in [3.63, 3.8) is 0 Å². The van der Waals surface area contributed by atoms with E-state index in [1.807, 2.05) is 36.4 Å². The van der Waals surface area contributed by atoms with Crippen molar-refractivity contribution in [2.45, 2.75) is 6.92 Å². The summed E-state index contributed by atoms with van der Waals surface area (Å²) in [6.45, 7) is 2.11. The van der Waals surface area contributed by atoms with Crippen molar-refractivity contribution in [2.24, 2.45) is 0 Å². The summed E-state index contributed by atoms with van der Waals surface area (Å²) in [5.74, 6) is 0. The molecule has 2 aliphatic heterocycles. The summed E-state index contributed by atoms with van der Waals surface area (Å²) >= 11 is 0. The van der Waals surface area contributed by atoms with Gasteiger partial charge in [0.15, 0.2) is 11.9 Å². The first-order valence-electron chi connectivity index (χ1n) is 10.3. The van der Waals surface area contributed by atoms with Crippen LogP contribution in [0.5, 0.6) is 0 Å². The summed E-state index contributed by atoms with van der Waals surface area (Å²) in [5.41, 5.74) is 9.93. The molecule has 2 aliphatic rings. The number of H-pyrrole nitrogens is 2. The topological polar surface area (TPSA) is 61.2 Å². The molecule has 0 amide bonds. The van der Waals surface area contributed by atoms with Gasteiger partial charge in [0.2, 0.25) is 5.69 Å². The van der Waals surface area contributed by atoms with E-state index in [9.17, 15) is 0 Å². The molecular weight excluding hydrogens is 382 g/mol. The molecule has 4 aromatic rings. The van der Waals surface area contributed by atoms with Gasteiger partial charge in [-0.1, -0.05) is 6.07 Å². The molecule has 148 valence electrons. The number of hydrogen-bond donors (Lipinski definition) is 2. The fraction of sp³-hybridized carbons (Fsp3) is 0.0385. The minimum atomic E-state index is 0.911. The molecule has 0 aliphatic carbocycles. The molecule has 0 atom stereocenters. The number of fused-ring (bicyclic) bond motifs is 8. The Balaban J connectivity index is 1.69. The zero-order valence-corrected chi connectivity index (χ0v) is 17.0. The van der Waals surface area contributed by atoms with Gasteiger partial charge >= 0.3 is 0 Å². The second kappa shape index (κ2) is 6.92. The van der Waals surface area contributed by atoms with E-state index >= 15 is 0 Å². The molecular formula is C26H20N5+. The van der Waals surface area contributed by atoms with Crippen molar-refractivity contribution in [1.29, 1.82) is 0 Å². The molecule has 0 saturated carbocycles.